The lowest BCUT2D eigenvalue weighted by Gasteiger charge is -2.30. The van der Waals surface area contributed by atoms with Crippen molar-refractivity contribution in [2.24, 2.45) is 5.92 Å². The lowest BCUT2D eigenvalue weighted by Crippen LogP contribution is -2.44. The highest BCUT2D eigenvalue weighted by Crippen LogP contribution is 2.27. The zero-order valence-corrected chi connectivity index (χ0v) is 18.4. The van der Waals surface area contributed by atoms with Crippen LogP contribution in [0, 0.1) is 5.92 Å². The zero-order valence-electron chi connectivity index (χ0n) is 16.8. The maximum Gasteiger partial charge on any atom is 0.244 e. The molecule has 0 aromatic carbocycles. The molecule has 3 atom stereocenters. The fourth-order valence-electron chi connectivity index (χ4n) is 3.91. The summed E-state index contributed by atoms with van der Waals surface area (Å²) in [4.78, 5) is 17.1. The maximum absolute atomic E-state index is 12.7. The molecule has 1 aliphatic heterocycles. The fraction of sp³-hybridized carbons (Fsp3) is 0.700. The Hall–Kier alpha value is -1.12. The first kappa shape index (κ1) is 21.6. The minimum Gasteiger partial charge on any atom is -0.352 e. The number of amides is 1. The minimum absolute atomic E-state index is 0.0237. The quantitative estimate of drug-likeness (QED) is 0.707. The van der Waals surface area contributed by atoms with Crippen LogP contribution in [0.5, 0.6) is 0 Å². The van der Waals surface area contributed by atoms with Gasteiger partial charge in [0, 0.05) is 25.3 Å². The molecular weight excluding hydrogens is 394 g/mol. The van der Waals surface area contributed by atoms with Crippen LogP contribution in [0.1, 0.15) is 58.8 Å². The van der Waals surface area contributed by atoms with Crippen LogP contribution in [-0.4, -0.2) is 48.0 Å². The van der Waals surface area contributed by atoms with Crippen molar-refractivity contribution in [2.45, 2.75) is 80.0 Å². The van der Waals surface area contributed by atoms with Gasteiger partial charge in [0.25, 0.3) is 0 Å². The second-order valence-electron chi connectivity index (χ2n) is 7.93. The molecule has 2 heterocycles. The molecule has 1 N–H and O–H groups in total. The van der Waals surface area contributed by atoms with Gasteiger partial charge in [-0.15, -0.1) is 0 Å². The van der Waals surface area contributed by atoms with E-state index in [1.54, 1.807) is 16.4 Å². The predicted octanol–water partition coefficient (Wildman–Crippen LogP) is 3.43. The van der Waals surface area contributed by atoms with Crippen LogP contribution < -0.4 is 5.32 Å². The van der Waals surface area contributed by atoms with Crippen molar-refractivity contribution in [3.8, 4) is 0 Å². The molecule has 1 saturated heterocycles. The summed E-state index contributed by atoms with van der Waals surface area (Å²) >= 11 is 1.36. The number of nitrogens with one attached hydrogen (secondary N) is 1. The van der Waals surface area contributed by atoms with Gasteiger partial charge in [0.05, 0.1) is 10.3 Å². The molecule has 0 radical (unpaired) electrons. The highest BCUT2D eigenvalue weighted by molar-refractivity contribution is 8.00. The predicted molar refractivity (Wildman–Crippen MR) is 112 cm³/mol. The van der Waals surface area contributed by atoms with E-state index in [0.29, 0.717) is 24.0 Å². The molecule has 2 aliphatic rings. The van der Waals surface area contributed by atoms with E-state index in [2.05, 4.69) is 17.2 Å². The second-order valence-corrected chi connectivity index (χ2v) is 11.2. The van der Waals surface area contributed by atoms with Gasteiger partial charge in [-0.25, -0.2) is 13.4 Å². The normalized spacial score (nSPS) is 25.2. The standard InChI is InChI=1S/C20H31N3O3S2/c1-15-8-4-5-9-18(15)22-20(24)16(2)27-19-11-10-17(14-21-19)28(25,26)23-12-6-3-7-13-23/h10-11,14-16,18H,3-9,12-13H2,1-2H3,(H,22,24). The average Bonchev–Trinajstić information content (AvgIpc) is 2.70. The van der Waals surface area contributed by atoms with Gasteiger partial charge in [0.2, 0.25) is 15.9 Å². The van der Waals surface area contributed by atoms with Gasteiger partial charge in [-0.05, 0) is 50.7 Å². The summed E-state index contributed by atoms with van der Waals surface area (Å²) in [5, 5.41) is 3.57. The Labute approximate surface area is 172 Å². The molecule has 1 saturated carbocycles. The van der Waals surface area contributed by atoms with Crippen molar-refractivity contribution in [1.82, 2.24) is 14.6 Å². The van der Waals surface area contributed by atoms with E-state index >= 15 is 0 Å². The third-order valence-corrected chi connectivity index (χ3v) is 8.70. The molecule has 0 bridgehead atoms. The van der Waals surface area contributed by atoms with Gasteiger partial charge < -0.3 is 5.32 Å². The minimum atomic E-state index is -3.47. The summed E-state index contributed by atoms with van der Waals surface area (Å²) in [5.74, 6) is 0.544. The van der Waals surface area contributed by atoms with Crippen LogP contribution >= 0.6 is 11.8 Å². The summed E-state index contributed by atoms with van der Waals surface area (Å²) in [5.41, 5.74) is 0. The second kappa shape index (κ2) is 9.59. The number of thioether (sulfide) groups is 1. The van der Waals surface area contributed by atoms with Crippen molar-refractivity contribution in [1.29, 1.82) is 0 Å². The van der Waals surface area contributed by atoms with Gasteiger partial charge in [0.15, 0.2) is 0 Å². The molecule has 8 heteroatoms. The highest BCUT2D eigenvalue weighted by atomic mass is 32.2. The van der Waals surface area contributed by atoms with Crippen molar-refractivity contribution >= 4 is 27.7 Å². The lowest BCUT2D eigenvalue weighted by atomic mass is 9.86. The maximum atomic E-state index is 12.7. The monoisotopic (exact) mass is 425 g/mol. The van der Waals surface area contributed by atoms with Crippen LogP contribution in [0.4, 0.5) is 0 Å². The Kier molecular flexibility index (Phi) is 7.39. The largest absolute Gasteiger partial charge is 0.352 e. The van der Waals surface area contributed by atoms with E-state index in [4.69, 9.17) is 0 Å². The summed E-state index contributed by atoms with van der Waals surface area (Å²) in [6.07, 6.45) is 8.95. The number of carbonyl (C=O) groups is 1. The van der Waals surface area contributed by atoms with Crippen molar-refractivity contribution in [3.63, 3.8) is 0 Å². The molecular formula is C20H31N3O3S2. The highest BCUT2D eigenvalue weighted by Gasteiger charge is 2.27. The van der Waals surface area contributed by atoms with Crippen molar-refractivity contribution < 1.29 is 13.2 Å². The van der Waals surface area contributed by atoms with Gasteiger partial charge in [-0.3, -0.25) is 4.79 Å². The number of hydrogen-bond acceptors (Lipinski definition) is 5. The molecule has 0 spiro atoms. The van der Waals surface area contributed by atoms with E-state index in [-0.39, 0.29) is 22.1 Å². The zero-order chi connectivity index (χ0) is 20.1. The first-order valence-corrected chi connectivity index (χ1v) is 12.6. The first-order chi connectivity index (χ1) is 13.4. The van der Waals surface area contributed by atoms with Gasteiger partial charge >= 0.3 is 0 Å². The van der Waals surface area contributed by atoms with E-state index < -0.39 is 10.0 Å². The number of sulfonamides is 1. The number of hydrogen-bond donors (Lipinski definition) is 1. The van der Waals surface area contributed by atoms with E-state index in [9.17, 15) is 13.2 Å². The number of aromatic nitrogens is 1. The van der Waals surface area contributed by atoms with Crippen molar-refractivity contribution in [2.75, 3.05) is 13.1 Å². The number of carbonyl (C=O) groups excluding carboxylic acids is 1. The summed E-state index contributed by atoms with van der Waals surface area (Å²) in [7, 11) is -3.47. The lowest BCUT2D eigenvalue weighted by molar-refractivity contribution is -0.121. The smallest absolute Gasteiger partial charge is 0.244 e. The van der Waals surface area contributed by atoms with E-state index in [0.717, 1.165) is 25.7 Å². The summed E-state index contributed by atoms with van der Waals surface area (Å²) in [6.45, 7) is 5.23. The van der Waals surface area contributed by atoms with Gasteiger partial charge in [0.1, 0.15) is 4.90 Å². The molecule has 6 nitrogen and oxygen atoms in total. The molecule has 1 aromatic heterocycles. The van der Waals surface area contributed by atoms with Crippen LogP contribution in [-0.2, 0) is 14.8 Å². The van der Waals surface area contributed by atoms with Crippen LogP contribution in [0.3, 0.4) is 0 Å². The number of pyridine rings is 1. The topological polar surface area (TPSA) is 79.4 Å². The third kappa shape index (κ3) is 5.27. The Morgan fingerprint density at radius 1 is 1.18 bits per heavy atom. The summed E-state index contributed by atoms with van der Waals surface area (Å²) in [6, 6.07) is 3.57. The Morgan fingerprint density at radius 3 is 2.54 bits per heavy atom. The van der Waals surface area contributed by atoms with Gasteiger partial charge in [-0.1, -0.05) is 37.9 Å². The Bertz CT molecular complexity index is 761. The average molecular weight is 426 g/mol. The third-order valence-electron chi connectivity index (χ3n) is 5.77. The van der Waals surface area contributed by atoms with Crippen LogP contribution in [0.2, 0.25) is 0 Å². The molecule has 1 amide bonds. The molecule has 28 heavy (non-hydrogen) atoms. The Morgan fingerprint density at radius 2 is 1.89 bits per heavy atom. The molecule has 1 aromatic rings. The molecule has 3 rings (SSSR count). The number of nitrogens with zero attached hydrogens (tertiary/aromatic N) is 2. The van der Waals surface area contributed by atoms with Crippen molar-refractivity contribution in [3.05, 3.63) is 18.3 Å². The van der Waals surface area contributed by atoms with Crippen LogP contribution in [0.25, 0.3) is 0 Å². The molecule has 156 valence electrons. The Balaban J connectivity index is 1.58. The van der Waals surface area contributed by atoms with Crippen LogP contribution in [0.15, 0.2) is 28.3 Å². The number of piperidine rings is 1. The van der Waals surface area contributed by atoms with E-state index in [1.807, 2.05) is 6.92 Å². The number of rotatable bonds is 6. The summed E-state index contributed by atoms with van der Waals surface area (Å²) < 4.78 is 26.9. The molecule has 1 aliphatic carbocycles. The molecule has 3 unspecified atom stereocenters. The molecule has 2 fully saturated rings. The van der Waals surface area contributed by atoms with Gasteiger partial charge in [-0.2, -0.15) is 4.31 Å². The fourth-order valence-corrected chi connectivity index (χ4v) is 6.17. The first-order valence-electron chi connectivity index (χ1n) is 10.3. The van der Waals surface area contributed by atoms with E-state index in [1.165, 1.54) is 37.2 Å². The SMILES string of the molecule is CC(Sc1ccc(S(=O)(=O)N2CCCCC2)cn1)C(=O)NC1CCCCC1C.